The summed E-state index contributed by atoms with van der Waals surface area (Å²) in [4.78, 5) is 0.240. The highest BCUT2D eigenvalue weighted by atomic mass is 32.2. The van der Waals surface area contributed by atoms with E-state index >= 15 is 0 Å². The van der Waals surface area contributed by atoms with Crippen LogP contribution >= 0.6 is 12.2 Å². The van der Waals surface area contributed by atoms with Crippen molar-refractivity contribution in [2.24, 2.45) is 0 Å². The number of anilines is 1. The SMILES string of the molecule is COc1ccc(S(=O)(=O)N2CCCC2)cc1NC(=S)NC[C@H]1CCCO1. The van der Waals surface area contributed by atoms with Gasteiger partial charge in [0.05, 0.1) is 23.8 Å². The third-order valence-electron chi connectivity index (χ3n) is 4.64. The molecule has 3 rings (SSSR count). The molecule has 0 radical (unpaired) electrons. The molecule has 2 N–H and O–H groups in total. The molecule has 26 heavy (non-hydrogen) atoms. The summed E-state index contributed by atoms with van der Waals surface area (Å²) >= 11 is 5.33. The summed E-state index contributed by atoms with van der Waals surface area (Å²) in [5, 5.41) is 6.57. The van der Waals surface area contributed by atoms with Crippen molar-refractivity contribution in [3.63, 3.8) is 0 Å². The predicted molar refractivity (Wildman–Crippen MR) is 104 cm³/mol. The molecule has 1 aromatic rings. The molecule has 144 valence electrons. The first-order chi connectivity index (χ1) is 12.5. The molecule has 0 bridgehead atoms. The largest absolute Gasteiger partial charge is 0.495 e. The summed E-state index contributed by atoms with van der Waals surface area (Å²) in [7, 11) is -1.95. The maximum atomic E-state index is 12.8. The van der Waals surface area contributed by atoms with Crippen molar-refractivity contribution in [2.45, 2.75) is 36.7 Å². The van der Waals surface area contributed by atoms with Gasteiger partial charge in [0.2, 0.25) is 10.0 Å². The van der Waals surface area contributed by atoms with Crippen LogP contribution in [0.4, 0.5) is 5.69 Å². The first-order valence-electron chi connectivity index (χ1n) is 8.85. The summed E-state index contributed by atoms with van der Waals surface area (Å²) in [6, 6.07) is 4.79. The Hall–Kier alpha value is -1.42. The minimum Gasteiger partial charge on any atom is -0.495 e. The summed E-state index contributed by atoms with van der Waals surface area (Å²) in [5.74, 6) is 0.534. The van der Waals surface area contributed by atoms with E-state index in [1.54, 1.807) is 18.2 Å². The fourth-order valence-corrected chi connectivity index (χ4v) is 4.94. The molecule has 1 atom stereocenters. The molecule has 0 aromatic heterocycles. The van der Waals surface area contributed by atoms with Gasteiger partial charge in [0, 0.05) is 26.2 Å². The standard InChI is InChI=1S/C17H25N3O4S2/c1-23-16-7-6-14(26(21,22)20-8-2-3-9-20)11-15(16)19-17(25)18-12-13-5-4-10-24-13/h6-7,11,13H,2-5,8-10,12H2,1H3,(H2,18,19,25)/t13-/m1/s1. The fourth-order valence-electron chi connectivity index (χ4n) is 3.20. The lowest BCUT2D eigenvalue weighted by Gasteiger charge is -2.19. The van der Waals surface area contributed by atoms with Gasteiger partial charge in [0.1, 0.15) is 5.75 Å². The lowest BCUT2D eigenvalue weighted by molar-refractivity contribution is 0.114. The summed E-state index contributed by atoms with van der Waals surface area (Å²) < 4.78 is 37.9. The topological polar surface area (TPSA) is 79.9 Å². The number of hydrogen-bond donors (Lipinski definition) is 2. The molecule has 0 spiro atoms. The van der Waals surface area contributed by atoms with Gasteiger partial charge in [-0.25, -0.2) is 8.42 Å². The highest BCUT2D eigenvalue weighted by Gasteiger charge is 2.28. The maximum Gasteiger partial charge on any atom is 0.243 e. The van der Waals surface area contributed by atoms with E-state index in [4.69, 9.17) is 21.7 Å². The third kappa shape index (κ3) is 4.46. The summed E-state index contributed by atoms with van der Waals surface area (Å²) in [6.07, 6.45) is 4.05. The van der Waals surface area contributed by atoms with Crippen molar-refractivity contribution in [1.29, 1.82) is 0 Å². The van der Waals surface area contributed by atoms with Crippen LogP contribution < -0.4 is 15.4 Å². The van der Waals surface area contributed by atoms with Gasteiger partial charge in [-0.3, -0.25) is 0 Å². The second-order valence-electron chi connectivity index (χ2n) is 6.44. The average Bonchev–Trinajstić information content (AvgIpc) is 3.33. The molecule has 2 heterocycles. The van der Waals surface area contributed by atoms with Crippen LogP contribution in [0.5, 0.6) is 5.75 Å². The molecule has 0 aliphatic carbocycles. The van der Waals surface area contributed by atoms with Crippen LogP contribution in [0.3, 0.4) is 0 Å². The Morgan fingerprint density at radius 3 is 2.77 bits per heavy atom. The van der Waals surface area contributed by atoms with Gasteiger partial charge in [-0.2, -0.15) is 4.31 Å². The van der Waals surface area contributed by atoms with Gasteiger partial charge in [0.25, 0.3) is 0 Å². The van der Waals surface area contributed by atoms with Gasteiger partial charge in [0.15, 0.2) is 5.11 Å². The van der Waals surface area contributed by atoms with E-state index in [0.717, 1.165) is 32.3 Å². The molecule has 7 nitrogen and oxygen atoms in total. The zero-order chi connectivity index (χ0) is 18.6. The van der Waals surface area contributed by atoms with Crippen molar-refractivity contribution in [3.05, 3.63) is 18.2 Å². The van der Waals surface area contributed by atoms with Gasteiger partial charge in [-0.1, -0.05) is 0 Å². The Morgan fingerprint density at radius 1 is 1.35 bits per heavy atom. The maximum absolute atomic E-state index is 12.8. The quantitative estimate of drug-likeness (QED) is 0.708. The van der Waals surface area contributed by atoms with E-state index in [9.17, 15) is 8.42 Å². The van der Waals surface area contributed by atoms with Gasteiger partial charge in [-0.05, 0) is 56.1 Å². The smallest absolute Gasteiger partial charge is 0.243 e. The Labute approximate surface area is 160 Å². The Balaban J connectivity index is 1.71. The lowest BCUT2D eigenvalue weighted by atomic mass is 10.2. The molecule has 1 aromatic carbocycles. The van der Waals surface area contributed by atoms with E-state index in [0.29, 0.717) is 36.2 Å². The Kier molecular flexibility index (Phi) is 6.33. The predicted octanol–water partition coefficient (Wildman–Crippen LogP) is 1.95. The van der Waals surface area contributed by atoms with E-state index in [1.165, 1.54) is 11.4 Å². The fraction of sp³-hybridized carbons (Fsp3) is 0.588. The number of nitrogens with zero attached hydrogens (tertiary/aromatic N) is 1. The van der Waals surface area contributed by atoms with Crippen LogP contribution in [-0.2, 0) is 14.8 Å². The number of ether oxygens (including phenoxy) is 2. The van der Waals surface area contributed by atoms with E-state index < -0.39 is 10.0 Å². The summed E-state index contributed by atoms with van der Waals surface area (Å²) in [5.41, 5.74) is 0.526. The van der Waals surface area contributed by atoms with E-state index in [1.807, 2.05) is 0 Å². The highest BCUT2D eigenvalue weighted by Crippen LogP contribution is 2.30. The zero-order valence-corrected chi connectivity index (χ0v) is 16.5. The van der Waals surface area contributed by atoms with Gasteiger partial charge >= 0.3 is 0 Å². The van der Waals surface area contributed by atoms with Crippen LogP contribution in [0.2, 0.25) is 0 Å². The van der Waals surface area contributed by atoms with Crippen molar-refractivity contribution < 1.29 is 17.9 Å². The average molecular weight is 400 g/mol. The third-order valence-corrected chi connectivity index (χ3v) is 6.78. The molecule has 2 saturated heterocycles. The number of methoxy groups -OCH3 is 1. The van der Waals surface area contributed by atoms with E-state index in [-0.39, 0.29) is 11.0 Å². The second kappa shape index (κ2) is 8.51. The number of benzene rings is 1. The monoisotopic (exact) mass is 399 g/mol. The lowest BCUT2D eigenvalue weighted by Crippen LogP contribution is -2.35. The molecule has 0 unspecified atom stereocenters. The number of nitrogens with one attached hydrogen (secondary N) is 2. The first kappa shape index (κ1) is 19.3. The molecular weight excluding hydrogens is 374 g/mol. The first-order valence-corrected chi connectivity index (χ1v) is 10.7. The van der Waals surface area contributed by atoms with Crippen LogP contribution in [0, 0.1) is 0 Å². The van der Waals surface area contributed by atoms with Gasteiger partial charge in [-0.15, -0.1) is 0 Å². The molecule has 0 saturated carbocycles. The number of thiocarbonyl (C=S) groups is 1. The Bertz CT molecular complexity index is 742. The number of hydrogen-bond acceptors (Lipinski definition) is 5. The molecule has 0 amide bonds. The van der Waals surface area contributed by atoms with E-state index in [2.05, 4.69) is 10.6 Å². The zero-order valence-electron chi connectivity index (χ0n) is 14.9. The van der Waals surface area contributed by atoms with Crippen molar-refractivity contribution in [2.75, 3.05) is 38.7 Å². The van der Waals surface area contributed by atoms with Crippen molar-refractivity contribution in [3.8, 4) is 5.75 Å². The Morgan fingerprint density at radius 2 is 2.12 bits per heavy atom. The van der Waals surface area contributed by atoms with Crippen molar-refractivity contribution >= 4 is 33.0 Å². The van der Waals surface area contributed by atoms with Crippen LogP contribution in [0.15, 0.2) is 23.1 Å². The minimum atomic E-state index is -3.49. The van der Waals surface area contributed by atoms with Crippen LogP contribution in [0.25, 0.3) is 0 Å². The normalized spacial score (nSPS) is 20.9. The van der Waals surface area contributed by atoms with Crippen molar-refractivity contribution in [1.82, 2.24) is 9.62 Å². The molecule has 9 heteroatoms. The minimum absolute atomic E-state index is 0.165. The molecular formula is C17H25N3O4S2. The number of rotatable bonds is 6. The number of sulfonamides is 1. The molecule has 2 fully saturated rings. The summed E-state index contributed by atoms with van der Waals surface area (Å²) in [6.45, 7) is 2.55. The van der Waals surface area contributed by atoms with Crippen LogP contribution in [-0.4, -0.2) is 57.3 Å². The molecule has 2 aliphatic rings. The second-order valence-corrected chi connectivity index (χ2v) is 8.79. The van der Waals surface area contributed by atoms with Gasteiger partial charge < -0.3 is 20.1 Å². The van der Waals surface area contributed by atoms with Crippen LogP contribution in [0.1, 0.15) is 25.7 Å². The molecule has 2 aliphatic heterocycles. The highest BCUT2D eigenvalue weighted by molar-refractivity contribution is 7.89.